The van der Waals surface area contributed by atoms with Crippen molar-refractivity contribution in [3.05, 3.63) is 0 Å². The van der Waals surface area contributed by atoms with E-state index in [2.05, 4.69) is 18.9 Å². The van der Waals surface area contributed by atoms with Crippen molar-refractivity contribution in [1.29, 1.82) is 0 Å². The number of rotatable bonds is 23. The number of ether oxygens (including phenoxy) is 4. The zero-order chi connectivity index (χ0) is 23.3. The third-order valence-electron chi connectivity index (χ3n) is 6.78. The number of methoxy groups -OCH3 is 2. The van der Waals surface area contributed by atoms with Crippen LogP contribution in [0.5, 0.6) is 0 Å². The largest absolute Gasteiger partial charge is 0.385 e. The van der Waals surface area contributed by atoms with Crippen LogP contribution in [0.15, 0.2) is 0 Å². The average Bonchev–Trinajstić information content (AvgIpc) is 3.19. The number of unbranched alkanes of at least 4 members (excludes halogenated alkanes) is 12. The molecule has 1 saturated heterocycles. The molecule has 5 heteroatoms. The Morgan fingerprint density at radius 3 is 1.59 bits per heavy atom. The molecule has 0 bridgehead atoms. The first-order valence-electron chi connectivity index (χ1n) is 13.6. The molecule has 0 aromatic heterocycles. The van der Waals surface area contributed by atoms with Crippen LogP contribution >= 0.6 is 0 Å². The fourth-order valence-corrected chi connectivity index (χ4v) is 4.62. The molecule has 0 saturated carbocycles. The van der Waals surface area contributed by atoms with Gasteiger partial charge in [-0.3, -0.25) is 0 Å². The zero-order valence-corrected chi connectivity index (χ0v) is 22.0. The van der Waals surface area contributed by atoms with Crippen LogP contribution in [0.4, 0.5) is 0 Å². The lowest BCUT2D eigenvalue weighted by Gasteiger charge is -2.29. The minimum atomic E-state index is -0.323. The van der Waals surface area contributed by atoms with Crippen molar-refractivity contribution in [2.24, 2.45) is 0 Å². The van der Waals surface area contributed by atoms with Gasteiger partial charge in [0, 0.05) is 46.8 Å². The molecule has 0 aliphatic carbocycles. The van der Waals surface area contributed by atoms with Crippen molar-refractivity contribution in [3.8, 4) is 0 Å². The van der Waals surface area contributed by atoms with Crippen molar-refractivity contribution in [2.75, 3.05) is 54.2 Å². The second kappa shape index (κ2) is 20.2. The van der Waals surface area contributed by atoms with E-state index in [0.717, 1.165) is 45.8 Å². The summed E-state index contributed by atoms with van der Waals surface area (Å²) in [5.74, 6) is -0.323. The van der Waals surface area contributed by atoms with Gasteiger partial charge in [-0.25, -0.2) is 0 Å². The van der Waals surface area contributed by atoms with E-state index in [4.69, 9.17) is 18.9 Å². The highest BCUT2D eigenvalue weighted by atomic mass is 16.7. The summed E-state index contributed by atoms with van der Waals surface area (Å²) >= 11 is 0. The van der Waals surface area contributed by atoms with E-state index in [0.29, 0.717) is 0 Å². The molecule has 32 heavy (non-hydrogen) atoms. The van der Waals surface area contributed by atoms with E-state index in [1.54, 1.807) is 14.2 Å². The fourth-order valence-electron chi connectivity index (χ4n) is 4.62. The lowest BCUT2D eigenvalue weighted by Crippen LogP contribution is -2.34. The summed E-state index contributed by atoms with van der Waals surface area (Å²) in [4.78, 5) is 2.33. The first kappa shape index (κ1) is 29.8. The number of likely N-dealkylation sites (N-methyl/N-ethyl adjacent to an activating group) is 1. The van der Waals surface area contributed by atoms with Crippen LogP contribution in [0.2, 0.25) is 0 Å². The van der Waals surface area contributed by atoms with E-state index in [9.17, 15) is 0 Å². The second-order valence-electron chi connectivity index (χ2n) is 9.75. The molecule has 5 nitrogen and oxygen atoms in total. The summed E-state index contributed by atoms with van der Waals surface area (Å²) in [6.07, 6.45) is 20.3. The molecule has 0 aromatic rings. The van der Waals surface area contributed by atoms with Crippen molar-refractivity contribution < 1.29 is 18.9 Å². The predicted octanol–water partition coefficient (Wildman–Crippen LogP) is 6.58. The third kappa shape index (κ3) is 14.8. The van der Waals surface area contributed by atoms with Crippen LogP contribution in [-0.4, -0.2) is 71.0 Å². The van der Waals surface area contributed by atoms with Gasteiger partial charge >= 0.3 is 0 Å². The molecular formula is C27H55NO4. The Hall–Kier alpha value is -0.200. The van der Waals surface area contributed by atoms with Crippen LogP contribution in [0, 0.1) is 0 Å². The van der Waals surface area contributed by atoms with Gasteiger partial charge in [0.05, 0.1) is 12.7 Å². The Kier molecular flexibility index (Phi) is 18.8. The number of hydrogen-bond donors (Lipinski definition) is 0. The molecule has 0 amide bonds. The third-order valence-corrected chi connectivity index (χ3v) is 6.78. The summed E-state index contributed by atoms with van der Waals surface area (Å²) in [6, 6.07) is 0. The molecule has 0 radical (unpaired) electrons. The minimum Gasteiger partial charge on any atom is -0.385 e. The first-order valence-corrected chi connectivity index (χ1v) is 13.6. The van der Waals surface area contributed by atoms with Crippen LogP contribution in [0.3, 0.4) is 0 Å². The van der Waals surface area contributed by atoms with Gasteiger partial charge in [0.2, 0.25) is 0 Å². The molecule has 1 rings (SSSR count). The molecule has 192 valence electrons. The van der Waals surface area contributed by atoms with E-state index in [1.165, 1.54) is 89.9 Å². The van der Waals surface area contributed by atoms with Gasteiger partial charge in [-0.2, -0.15) is 0 Å². The van der Waals surface area contributed by atoms with Crippen LogP contribution in [0.1, 0.15) is 110 Å². The average molecular weight is 458 g/mol. The van der Waals surface area contributed by atoms with Gasteiger partial charge in [0.1, 0.15) is 0 Å². The first-order chi connectivity index (χ1) is 15.7. The van der Waals surface area contributed by atoms with Crippen molar-refractivity contribution >= 4 is 0 Å². The molecule has 1 fully saturated rings. The Balaban J connectivity index is 2.26. The second-order valence-corrected chi connectivity index (χ2v) is 9.75. The van der Waals surface area contributed by atoms with Crippen LogP contribution in [-0.2, 0) is 18.9 Å². The number of nitrogens with zero attached hydrogens (tertiary/aromatic N) is 1. The van der Waals surface area contributed by atoms with Crippen LogP contribution < -0.4 is 0 Å². The summed E-state index contributed by atoms with van der Waals surface area (Å²) in [6.45, 7) is 6.79. The molecule has 1 heterocycles. The Morgan fingerprint density at radius 2 is 1.16 bits per heavy atom. The Bertz CT molecular complexity index is 385. The molecule has 1 unspecified atom stereocenters. The van der Waals surface area contributed by atoms with E-state index < -0.39 is 0 Å². The summed E-state index contributed by atoms with van der Waals surface area (Å²) in [5, 5.41) is 0. The molecule has 1 atom stereocenters. The van der Waals surface area contributed by atoms with E-state index in [1.807, 2.05) is 0 Å². The van der Waals surface area contributed by atoms with E-state index >= 15 is 0 Å². The standard InChI is InChI=1S/C27H55NO4/c1-5-28(2)24-26-25-31-27(32-26,20-16-12-8-6-10-14-18-22-29-3)21-17-13-9-7-11-15-19-23-30-4/h26H,5-25H2,1-4H3. The zero-order valence-electron chi connectivity index (χ0n) is 22.0. The Labute approximate surface area is 199 Å². The van der Waals surface area contributed by atoms with Crippen molar-refractivity contribution in [2.45, 2.75) is 122 Å². The van der Waals surface area contributed by atoms with Crippen LogP contribution in [0.25, 0.3) is 0 Å². The van der Waals surface area contributed by atoms with Gasteiger partial charge in [-0.15, -0.1) is 0 Å². The summed E-state index contributed by atoms with van der Waals surface area (Å²) in [5.41, 5.74) is 0. The molecule has 0 N–H and O–H groups in total. The molecule has 0 spiro atoms. The summed E-state index contributed by atoms with van der Waals surface area (Å²) in [7, 11) is 5.75. The summed E-state index contributed by atoms with van der Waals surface area (Å²) < 4.78 is 23.2. The highest BCUT2D eigenvalue weighted by Gasteiger charge is 2.40. The minimum absolute atomic E-state index is 0.224. The van der Waals surface area contributed by atoms with Gasteiger partial charge in [0.25, 0.3) is 0 Å². The highest BCUT2D eigenvalue weighted by molar-refractivity contribution is 4.81. The van der Waals surface area contributed by atoms with Gasteiger partial charge in [-0.05, 0) is 39.3 Å². The van der Waals surface area contributed by atoms with Crippen molar-refractivity contribution in [3.63, 3.8) is 0 Å². The molecular weight excluding hydrogens is 402 g/mol. The quantitative estimate of drug-likeness (QED) is 0.162. The lowest BCUT2D eigenvalue weighted by atomic mass is 9.98. The molecule has 1 aliphatic rings. The Morgan fingerprint density at radius 1 is 0.719 bits per heavy atom. The van der Waals surface area contributed by atoms with Gasteiger partial charge in [-0.1, -0.05) is 71.1 Å². The smallest absolute Gasteiger partial charge is 0.168 e. The SMILES string of the molecule is CCN(C)CC1COC(CCCCCCCCCOC)(CCCCCCCCCOC)O1. The fraction of sp³-hybridized carbons (Fsp3) is 1.00. The normalized spacial score (nSPS) is 18.1. The van der Waals surface area contributed by atoms with Gasteiger partial charge < -0.3 is 23.8 Å². The monoisotopic (exact) mass is 457 g/mol. The predicted molar refractivity (Wildman–Crippen MR) is 134 cm³/mol. The van der Waals surface area contributed by atoms with Crippen molar-refractivity contribution in [1.82, 2.24) is 4.90 Å². The maximum atomic E-state index is 6.57. The van der Waals surface area contributed by atoms with Gasteiger partial charge in [0.15, 0.2) is 5.79 Å². The topological polar surface area (TPSA) is 40.2 Å². The lowest BCUT2D eigenvalue weighted by molar-refractivity contribution is -0.180. The molecule has 1 aliphatic heterocycles. The highest BCUT2D eigenvalue weighted by Crippen LogP contribution is 2.35. The van der Waals surface area contributed by atoms with E-state index in [-0.39, 0.29) is 11.9 Å². The molecule has 0 aromatic carbocycles. The maximum absolute atomic E-state index is 6.57. The maximum Gasteiger partial charge on any atom is 0.168 e. The number of hydrogen-bond acceptors (Lipinski definition) is 5.